The zero-order chi connectivity index (χ0) is 13.2. The first-order valence-corrected chi connectivity index (χ1v) is 7.11. The van der Waals surface area contributed by atoms with Crippen LogP contribution in [0.1, 0.15) is 43.7 Å². The van der Waals surface area contributed by atoms with E-state index in [0.29, 0.717) is 17.8 Å². The number of likely N-dealkylation sites (tertiary alicyclic amines) is 1. The Morgan fingerprint density at radius 1 is 1.32 bits per heavy atom. The number of carbonyl (C=O) groups is 1. The summed E-state index contributed by atoms with van der Waals surface area (Å²) in [5.41, 5.74) is 6.61. The topological polar surface area (TPSA) is 72.1 Å². The zero-order valence-electron chi connectivity index (χ0n) is 11.1. The van der Waals surface area contributed by atoms with Crippen LogP contribution in [0.4, 0.5) is 5.95 Å². The molecule has 2 aliphatic rings. The van der Waals surface area contributed by atoms with Crippen molar-refractivity contribution in [3.05, 3.63) is 18.0 Å². The van der Waals surface area contributed by atoms with Crippen LogP contribution in [-0.4, -0.2) is 33.9 Å². The van der Waals surface area contributed by atoms with E-state index in [1.165, 1.54) is 6.42 Å². The van der Waals surface area contributed by atoms with Gasteiger partial charge in [0.1, 0.15) is 0 Å². The third-order valence-electron chi connectivity index (χ3n) is 4.30. The van der Waals surface area contributed by atoms with Gasteiger partial charge in [-0.3, -0.25) is 4.79 Å². The quantitative estimate of drug-likeness (QED) is 0.876. The van der Waals surface area contributed by atoms with Gasteiger partial charge in [0, 0.05) is 31.1 Å². The molecule has 0 spiro atoms. The number of anilines is 1. The fourth-order valence-electron chi connectivity index (χ4n) is 2.95. The van der Waals surface area contributed by atoms with Gasteiger partial charge in [0.15, 0.2) is 0 Å². The highest BCUT2D eigenvalue weighted by molar-refractivity contribution is 5.79. The van der Waals surface area contributed by atoms with E-state index in [0.717, 1.165) is 44.5 Å². The maximum absolute atomic E-state index is 12.3. The number of amides is 1. The number of nitrogens with zero attached hydrogens (tertiary/aromatic N) is 3. The molecule has 2 heterocycles. The van der Waals surface area contributed by atoms with Crippen molar-refractivity contribution in [1.82, 2.24) is 14.9 Å². The number of nitrogens with two attached hydrogens (primary N) is 1. The summed E-state index contributed by atoms with van der Waals surface area (Å²) in [5, 5.41) is 0. The Hall–Kier alpha value is -1.65. The van der Waals surface area contributed by atoms with Crippen LogP contribution in [0.25, 0.3) is 0 Å². The van der Waals surface area contributed by atoms with Crippen LogP contribution in [0.3, 0.4) is 0 Å². The molecule has 1 amide bonds. The molecular weight excluding hydrogens is 240 g/mol. The van der Waals surface area contributed by atoms with Gasteiger partial charge in [0.25, 0.3) is 0 Å². The molecule has 1 aromatic rings. The number of carbonyl (C=O) groups excluding carboxylic acids is 1. The molecule has 0 unspecified atom stereocenters. The molecule has 1 aromatic heterocycles. The summed E-state index contributed by atoms with van der Waals surface area (Å²) in [7, 11) is 0. The summed E-state index contributed by atoms with van der Waals surface area (Å²) in [6.07, 6.45) is 7.17. The van der Waals surface area contributed by atoms with E-state index < -0.39 is 0 Å². The third kappa shape index (κ3) is 2.55. The first-order valence-electron chi connectivity index (χ1n) is 7.11. The molecule has 5 nitrogen and oxygen atoms in total. The van der Waals surface area contributed by atoms with Crippen LogP contribution in [0.2, 0.25) is 0 Å². The monoisotopic (exact) mass is 260 g/mol. The molecule has 1 saturated carbocycles. The Morgan fingerprint density at radius 2 is 2.16 bits per heavy atom. The molecule has 2 N–H and O–H groups in total. The van der Waals surface area contributed by atoms with Crippen molar-refractivity contribution < 1.29 is 4.79 Å². The van der Waals surface area contributed by atoms with Gasteiger partial charge in [-0.1, -0.05) is 6.42 Å². The highest BCUT2D eigenvalue weighted by Crippen LogP contribution is 2.32. The van der Waals surface area contributed by atoms with Gasteiger partial charge in [-0.15, -0.1) is 0 Å². The van der Waals surface area contributed by atoms with E-state index in [4.69, 9.17) is 5.73 Å². The van der Waals surface area contributed by atoms with Gasteiger partial charge < -0.3 is 10.6 Å². The van der Waals surface area contributed by atoms with Crippen molar-refractivity contribution in [3.63, 3.8) is 0 Å². The standard InChI is InChI=1S/C14H20N4O/c15-14-16-7-6-12(17-14)11-5-2-8-18(9-11)13(19)10-3-1-4-10/h6-7,10-11H,1-5,8-9H2,(H2,15,16,17)/t11-/m1/s1. The van der Waals surface area contributed by atoms with E-state index >= 15 is 0 Å². The van der Waals surface area contributed by atoms with E-state index in [-0.39, 0.29) is 5.92 Å². The number of aromatic nitrogens is 2. The molecule has 0 radical (unpaired) electrons. The van der Waals surface area contributed by atoms with E-state index in [1.807, 2.05) is 11.0 Å². The second kappa shape index (κ2) is 5.15. The number of rotatable bonds is 2. The Bertz CT molecular complexity index is 472. The normalized spacial score (nSPS) is 24.0. The second-order valence-corrected chi connectivity index (χ2v) is 5.59. The Labute approximate surface area is 113 Å². The van der Waals surface area contributed by atoms with Crippen molar-refractivity contribution in [2.24, 2.45) is 5.92 Å². The van der Waals surface area contributed by atoms with Crippen molar-refractivity contribution in [2.75, 3.05) is 18.8 Å². The van der Waals surface area contributed by atoms with Crippen molar-refractivity contribution in [3.8, 4) is 0 Å². The predicted octanol–water partition coefficient (Wildman–Crippen LogP) is 1.56. The lowest BCUT2D eigenvalue weighted by atomic mass is 9.83. The predicted molar refractivity (Wildman–Crippen MR) is 72.3 cm³/mol. The first kappa shape index (κ1) is 12.4. The summed E-state index contributed by atoms with van der Waals surface area (Å²) in [4.78, 5) is 22.5. The SMILES string of the molecule is Nc1nccc([C@@H]2CCCN(C(=O)C3CCC3)C2)n1. The van der Waals surface area contributed by atoms with E-state index in [9.17, 15) is 4.79 Å². The lowest BCUT2D eigenvalue weighted by Crippen LogP contribution is -2.44. The summed E-state index contributed by atoms with van der Waals surface area (Å²) in [6.45, 7) is 1.68. The molecule has 0 aromatic carbocycles. The highest BCUT2D eigenvalue weighted by Gasteiger charge is 2.32. The summed E-state index contributed by atoms with van der Waals surface area (Å²) < 4.78 is 0. The molecule has 102 valence electrons. The van der Waals surface area contributed by atoms with Gasteiger partial charge in [0.2, 0.25) is 11.9 Å². The largest absolute Gasteiger partial charge is 0.368 e. The average molecular weight is 260 g/mol. The van der Waals surface area contributed by atoms with Crippen LogP contribution < -0.4 is 5.73 Å². The number of nitrogen functional groups attached to an aromatic ring is 1. The minimum absolute atomic E-state index is 0.286. The minimum atomic E-state index is 0.286. The van der Waals surface area contributed by atoms with Crippen LogP contribution in [0.5, 0.6) is 0 Å². The maximum Gasteiger partial charge on any atom is 0.225 e. The maximum atomic E-state index is 12.3. The summed E-state index contributed by atoms with van der Waals surface area (Å²) in [6, 6.07) is 1.92. The molecule has 0 bridgehead atoms. The van der Waals surface area contributed by atoms with E-state index in [2.05, 4.69) is 9.97 Å². The van der Waals surface area contributed by atoms with Crippen molar-refractivity contribution in [1.29, 1.82) is 0 Å². The van der Waals surface area contributed by atoms with E-state index in [1.54, 1.807) is 6.20 Å². The molecule has 1 aliphatic carbocycles. The lowest BCUT2D eigenvalue weighted by Gasteiger charge is -2.37. The summed E-state index contributed by atoms with van der Waals surface area (Å²) >= 11 is 0. The van der Waals surface area contributed by atoms with Gasteiger partial charge in [-0.05, 0) is 31.7 Å². The molecule has 1 atom stereocenters. The van der Waals surface area contributed by atoms with Gasteiger partial charge in [-0.25, -0.2) is 9.97 Å². The first-order chi connectivity index (χ1) is 9.24. The molecular formula is C14H20N4O. The second-order valence-electron chi connectivity index (χ2n) is 5.59. The molecule has 1 aliphatic heterocycles. The van der Waals surface area contributed by atoms with Crippen LogP contribution in [0, 0.1) is 5.92 Å². The minimum Gasteiger partial charge on any atom is -0.368 e. The van der Waals surface area contributed by atoms with Gasteiger partial charge >= 0.3 is 0 Å². The van der Waals surface area contributed by atoms with Gasteiger partial charge in [-0.2, -0.15) is 0 Å². The lowest BCUT2D eigenvalue weighted by molar-refractivity contribution is -0.139. The van der Waals surface area contributed by atoms with Crippen LogP contribution in [0.15, 0.2) is 12.3 Å². The fraction of sp³-hybridized carbons (Fsp3) is 0.643. The zero-order valence-corrected chi connectivity index (χ0v) is 11.1. The van der Waals surface area contributed by atoms with Crippen LogP contribution in [-0.2, 0) is 4.79 Å². The number of piperidine rings is 1. The van der Waals surface area contributed by atoms with Crippen LogP contribution >= 0.6 is 0 Å². The number of hydrogen-bond donors (Lipinski definition) is 1. The third-order valence-corrected chi connectivity index (χ3v) is 4.30. The number of hydrogen-bond acceptors (Lipinski definition) is 4. The average Bonchev–Trinajstić information content (AvgIpc) is 2.37. The van der Waals surface area contributed by atoms with Crippen molar-refractivity contribution in [2.45, 2.75) is 38.0 Å². The molecule has 1 saturated heterocycles. The molecule has 5 heteroatoms. The molecule has 2 fully saturated rings. The summed E-state index contributed by atoms with van der Waals surface area (Å²) in [5.74, 6) is 1.26. The smallest absolute Gasteiger partial charge is 0.225 e. The Morgan fingerprint density at radius 3 is 2.84 bits per heavy atom. The molecule has 3 rings (SSSR count). The van der Waals surface area contributed by atoms with Crippen molar-refractivity contribution >= 4 is 11.9 Å². The van der Waals surface area contributed by atoms with Gasteiger partial charge in [0.05, 0.1) is 5.69 Å². The molecule has 19 heavy (non-hydrogen) atoms. The Kier molecular flexibility index (Phi) is 3.36. The fourth-order valence-corrected chi connectivity index (χ4v) is 2.95. The highest BCUT2D eigenvalue weighted by atomic mass is 16.2. The Balaban J connectivity index is 1.69.